The number of carbonyl (C=O) groups is 2. The number of halogens is 1. The van der Waals surface area contributed by atoms with Gasteiger partial charge in [0, 0.05) is 36.7 Å². The maximum Gasteiger partial charge on any atom is 0.341 e. The molecule has 0 amide bonds. The number of fused-ring (bicyclic) bond motifs is 1. The molecule has 5 rings (SSSR count). The highest BCUT2D eigenvalue weighted by Crippen LogP contribution is 2.36. The van der Waals surface area contributed by atoms with Crippen LogP contribution in [0.4, 0.5) is 10.2 Å². The average Bonchev–Trinajstić information content (AvgIpc) is 3.36. The highest BCUT2D eigenvalue weighted by Gasteiger charge is 2.41. The summed E-state index contributed by atoms with van der Waals surface area (Å²) in [5.41, 5.74) is -1.25. The van der Waals surface area contributed by atoms with Gasteiger partial charge in [-0.3, -0.25) is 14.2 Å². The van der Waals surface area contributed by atoms with Crippen molar-refractivity contribution in [2.24, 2.45) is 11.8 Å². The number of ketones is 1. The molecule has 2 fully saturated rings. The van der Waals surface area contributed by atoms with Crippen LogP contribution in [0.3, 0.4) is 0 Å². The van der Waals surface area contributed by atoms with E-state index >= 15 is 0 Å². The van der Waals surface area contributed by atoms with Gasteiger partial charge in [0.1, 0.15) is 17.7 Å². The predicted molar refractivity (Wildman–Crippen MR) is 101 cm³/mol. The number of anilines is 1. The highest BCUT2D eigenvalue weighted by atomic mass is 32.1. The topological polar surface area (TPSA) is 118 Å². The van der Waals surface area contributed by atoms with Crippen LogP contribution in [0.15, 0.2) is 23.4 Å². The van der Waals surface area contributed by atoms with Crippen molar-refractivity contribution in [1.29, 1.82) is 0 Å². The molecule has 0 bridgehead atoms. The lowest BCUT2D eigenvalue weighted by molar-refractivity contribution is -0.124. The van der Waals surface area contributed by atoms with Gasteiger partial charge in [0.05, 0.1) is 11.3 Å². The lowest BCUT2D eigenvalue weighted by Gasteiger charge is -2.39. The summed E-state index contributed by atoms with van der Waals surface area (Å²) in [6.07, 6.45) is 4.27. The zero-order valence-corrected chi connectivity index (χ0v) is 15.7. The zero-order valence-electron chi connectivity index (χ0n) is 14.9. The summed E-state index contributed by atoms with van der Waals surface area (Å²) in [4.78, 5) is 46.2. The summed E-state index contributed by atoms with van der Waals surface area (Å²) in [5.74, 6) is -1.90. The Labute approximate surface area is 166 Å². The molecule has 1 N–H and O–H groups in total. The van der Waals surface area contributed by atoms with Crippen molar-refractivity contribution in [3.63, 3.8) is 0 Å². The molecule has 11 heteroatoms. The van der Waals surface area contributed by atoms with Crippen LogP contribution in [0.1, 0.15) is 23.2 Å². The monoisotopic (exact) mass is 415 g/mol. The first-order valence-corrected chi connectivity index (χ1v) is 9.76. The van der Waals surface area contributed by atoms with Crippen molar-refractivity contribution in [3.05, 3.63) is 40.2 Å². The van der Waals surface area contributed by atoms with Gasteiger partial charge in [-0.05, 0) is 18.9 Å². The van der Waals surface area contributed by atoms with Gasteiger partial charge in [0.15, 0.2) is 17.3 Å². The number of hydrogen-bond acceptors (Lipinski definition) is 8. The van der Waals surface area contributed by atoms with E-state index < -0.39 is 22.8 Å². The van der Waals surface area contributed by atoms with Crippen molar-refractivity contribution in [3.8, 4) is 5.13 Å². The van der Waals surface area contributed by atoms with Gasteiger partial charge in [-0.25, -0.2) is 19.2 Å². The molecule has 4 heterocycles. The molecule has 2 aliphatic rings. The minimum Gasteiger partial charge on any atom is -0.477 e. The lowest BCUT2D eigenvalue weighted by Crippen LogP contribution is -2.51. The van der Waals surface area contributed by atoms with E-state index in [1.807, 2.05) is 0 Å². The van der Waals surface area contributed by atoms with Crippen LogP contribution in [-0.4, -0.2) is 48.9 Å². The molecule has 1 saturated carbocycles. The summed E-state index contributed by atoms with van der Waals surface area (Å²) < 4.78 is 20.0. The number of aromatic carboxylic acids is 1. The molecule has 0 aromatic carbocycles. The summed E-state index contributed by atoms with van der Waals surface area (Å²) in [6, 6.07) is 1.00. The molecule has 3 aromatic rings. The Hall–Kier alpha value is -3.21. The van der Waals surface area contributed by atoms with Crippen molar-refractivity contribution in [2.45, 2.75) is 12.8 Å². The standard InChI is InChI=1S/C18H14FN5O4S/c19-12-3-10-14(26)11(17(27)28)6-24(18-20-7-21-29-18)15(10)22-16(12)23-4-9(5-23)13(25)8-1-2-8/h3,6-9H,1-2,4-5H2,(H,27,28). The van der Waals surface area contributed by atoms with E-state index in [1.54, 1.807) is 4.90 Å². The van der Waals surface area contributed by atoms with Crippen LogP contribution in [0.5, 0.6) is 0 Å². The van der Waals surface area contributed by atoms with E-state index in [4.69, 9.17) is 0 Å². The van der Waals surface area contributed by atoms with Gasteiger partial charge in [-0.2, -0.15) is 4.37 Å². The van der Waals surface area contributed by atoms with Gasteiger partial charge in [0.25, 0.3) is 0 Å². The molecule has 3 aromatic heterocycles. The number of Topliss-reactive ketones (excluding diaryl/α,β-unsaturated/α-hetero) is 1. The normalized spacial score (nSPS) is 16.8. The fraction of sp³-hybridized carbons (Fsp3) is 0.333. The van der Waals surface area contributed by atoms with Gasteiger partial charge in [0.2, 0.25) is 10.6 Å². The van der Waals surface area contributed by atoms with Gasteiger partial charge in [-0.1, -0.05) is 0 Å². The molecular weight excluding hydrogens is 401 g/mol. The zero-order chi connectivity index (χ0) is 20.3. The molecular formula is C18H14FN5O4S. The Bertz CT molecular complexity index is 1220. The second-order valence-corrected chi connectivity index (χ2v) is 7.97. The first-order chi connectivity index (χ1) is 13.9. The van der Waals surface area contributed by atoms with E-state index in [-0.39, 0.29) is 34.5 Å². The summed E-state index contributed by atoms with van der Waals surface area (Å²) in [6.45, 7) is 0.752. The Morgan fingerprint density at radius 2 is 2.00 bits per heavy atom. The van der Waals surface area contributed by atoms with Crippen molar-refractivity contribution >= 4 is 40.1 Å². The summed E-state index contributed by atoms with van der Waals surface area (Å²) >= 11 is 0.985. The first-order valence-electron chi connectivity index (χ1n) is 8.99. The Kier molecular flexibility index (Phi) is 3.95. The molecule has 0 unspecified atom stereocenters. The number of carboxylic acids is 1. The Morgan fingerprint density at radius 3 is 2.62 bits per heavy atom. The lowest BCUT2D eigenvalue weighted by atomic mass is 9.92. The fourth-order valence-electron chi connectivity index (χ4n) is 3.54. The summed E-state index contributed by atoms with van der Waals surface area (Å²) in [5, 5.41) is 9.48. The number of pyridine rings is 2. The molecule has 1 saturated heterocycles. The molecule has 1 aliphatic heterocycles. The van der Waals surface area contributed by atoms with Crippen LogP contribution in [-0.2, 0) is 4.79 Å². The van der Waals surface area contributed by atoms with Crippen molar-refractivity contribution < 1.29 is 19.1 Å². The van der Waals surface area contributed by atoms with Crippen LogP contribution in [0.25, 0.3) is 16.2 Å². The predicted octanol–water partition coefficient (Wildman–Crippen LogP) is 1.49. The van der Waals surface area contributed by atoms with Gasteiger partial charge >= 0.3 is 5.97 Å². The molecule has 1 aliphatic carbocycles. The maximum absolute atomic E-state index is 14.8. The average molecular weight is 415 g/mol. The number of nitrogens with zero attached hydrogens (tertiary/aromatic N) is 5. The Morgan fingerprint density at radius 1 is 1.24 bits per heavy atom. The number of aromatic nitrogens is 4. The Balaban J connectivity index is 1.61. The highest BCUT2D eigenvalue weighted by molar-refractivity contribution is 7.08. The number of carboxylic acid groups (broad SMARTS) is 1. The number of rotatable bonds is 5. The van der Waals surface area contributed by atoms with Crippen molar-refractivity contribution in [2.75, 3.05) is 18.0 Å². The minimum absolute atomic E-state index is 0.0260. The maximum atomic E-state index is 14.8. The third kappa shape index (κ3) is 2.89. The minimum atomic E-state index is -1.43. The van der Waals surface area contributed by atoms with Crippen LogP contribution in [0.2, 0.25) is 0 Å². The SMILES string of the molecule is O=C(O)c1cn(-c2ncns2)c2nc(N3CC(C(=O)C4CC4)C3)c(F)cc2c1=O. The van der Waals surface area contributed by atoms with Gasteiger partial charge < -0.3 is 10.0 Å². The fourth-order valence-corrected chi connectivity index (χ4v) is 4.05. The van der Waals surface area contributed by atoms with Crippen LogP contribution in [0, 0.1) is 17.7 Å². The third-order valence-corrected chi connectivity index (χ3v) is 5.93. The number of hydrogen-bond donors (Lipinski definition) is 1. The molecule has 0 spiro atoms. The van der Waals surface area contributed by atoms with E-state index in [0.717, 1.165) is 36.6 Å². The molecule has 0 radical (unpaired) electrons. The third-order valence-electron chi connectivity index (χ3n) is 5.26. The molecule has 148 valence electrons. The second kappa shape index (κ2) is 6.41. The van der Waals surface area contributed by atoms with Crippen molar-refractivity contribution in [1.82, 2.24) is 18.9 Å². The van der Waals surface area contributed by atoms with Crippen LogP contribution >= 0.6 is 11.5 Å². The van der Waals surface area contributed by atoms with E-state index in [1.165, 1.54) is 10.9 Å². The molecule has 0 atom stereocenters. The van der Waals surface area contributed by atoms with E-state index in [0.29, 0.717) is 18.2 Å². The largest absolute Gasteiger partial charge is 0.477 e. The van der Waals surface area contributed by atoms with Gasteiger partial charge in [-0.15, -0.1) is 0 Å². The van der Waals surface area contributed by atoms with E-state index in [9.17, 15) is 23.9 Å². The summed E-state index contributed by atoms with van der Waals surface area (Å²) in [7, 11) is 0. The second-order valence-electron chi connectivity index (χ2n) is 7.21. The molecule has 9 nitrogen and oxygen atoms in total. The number of carbonyl (C=O) groups excluding carboxylic acids is 1. The first kappa shape index (κ1) is 17.9. The quantitative estimate of drug-likeness (QED) is 0.666. The molecule has 29 heavy (non-hydrogen) atoms. The smallest absolute Gasteiger partial charge is 0.341 e. The van der Waals surface area contributed by atoms with Crippen LogP contribution < -0.4 is 10.3 Å². The van der Waals surface area contributed by atoms with E-state index in [2.05, 4.69) is 14.3 Å².